The lowest BCUT2D eigenvalue weighted by Gasteiger charge is -2.09. The van der Waals surface area contributed by atoms with Gasteiger partial charge in [0.1, 0.15) is 5.69 Å². The van der Waals surface area contributed by atoms with Crippen LogP contribution in [0.15, 0.2) is 30.5 Å². The van der Waals surface area contributed by atoms with Gasteiger partial charge < -0.3 is 10.4 Å². The van der Waals surface area contributed by atoms with Gasteiger partial charge in [0.15, 0.2) is 0 Å². The van der Waals surface area contributed by atoms with Crippen LogP contribution in [-0.4, -0.2) is 38.9 Å². The lowest BCUT2D eigenvalue weighted by atomic mass is 10.1. The van der Waals surface area contributed by atoms with Gasteiger partial charge in [-0.25, -0.2) is 0 Å². The summed E-state index contributed by atoms with van der Waals surface area (Å²) in [5.41, 5.74) is 1.44. The summed E-state index contributed by atoms with van der Waals surface area (Å²) in [6.45, 7) is 2.16. The maximum atomic E-state index is 12.3. The van der Waals surface area contributed by atoms with Crippen LogP contribution >= 0.6 is 0 Å². The third-order valence-electron chi connectivity index (χ3n) is 3.35. The smallest absolute Gasteiger partial charge is 0.269 e. The van der Waals surface area contributed by atoms with Crippen LogP contribution < -0.4 is 5.32 Å². The quantitative estimate of drug-likeness (QED) is 0.617. The van der Waals surface area contributed by atoms with E-state index in [1.165, 1.54) is 16.8 Å². The monoisotopic (exact) mass is 318 g/mol. The molecule has 0 aliphatic heterocycles. The van der Waals surface area contributed by atoms with Gasteiger partial charge in [0, 0.05) is 44.1 Å². The zero-order chi connectivity index (χ0) is 17.0. The first-order valence-electron chi connectivity index (χ1n) is 7.10. The Balaban J connectivity index is 2.26. The third kappa shape index (κ3) is 3.92. The fourth-order valence-corrected chi connectivity index (χ4v) is 2.04. The Labute approximate surface area is 132 Å². The van der Waals surface area contributed by atoms with Gasteiger partial charge in [0.2, 0.25) is 0 Å². The highest BCUT2D eigenvalue weighted by Gasteiger charge is 2.18. The van der Waals surface area contributed by atoms with Crippen molar-refractivity contribution in [3.8, 4) is 11.3 Å². The van der Waals surface area contributed by atoms with Crippen molar-refractivity contribution in [3.05, 3.63) is 46.1 Å². The number of hydrogen-bond acceptors (Lipinski definition) is 5. The van der Waals surface area contributed by atoms with Crippen LogP contribution in [0.1, 0.15) is 17.3 Å². The molecule has 0 aliphatic carbocycles. The van der Waals surface area contributed by atoms with Crippen LogP contribution in [0.2, 0.25) is 0 Å². The van der Waals surface area contributed by atoms with Crippen molar-refractivity contribution in [2.75, 3.05) is 13.2 Å². The summed E-state index contributed by atoms with van der Waals surface area (Å²) in [5, 5.41) is 26.7. The van der Waals surface area contributed by atoms with E-state index in [0.717, 1.165) is 0 Å². The molecule has 23 heavy (non-hydrogen) atoms. The number of aliphatic hydroxyl groups is 1. The zero-order valence-electron chi connectivity index (χ0n) is 12.9. The van der Waals surface area contributed by atoms with E-state index >= 15 is 0 Å². The van der Waals surface area contributed by atoms with Gasteiger partial charge >= 0.3 is 0 Å². The van der Waals surface area contributed by atoms with E-state index in [2.05, 4.69) is 10.4 Å². The van der Waals surface area contributed by atoms with Crippen LogP contribution in [-0.2, 0) is 7.05 Å². The van der Waals surface area contributed by atoms with E-state index in [1.54, 1.807) is 25.4 Å². The lowest BCUT2D eigenvalue weighted by Crippen LogP contribution is -2.29. The predicted molar refractivity (Wildman–Crippen MR) is 83.9 cm³/mol. The highest BCUT2D eigenvalue weighted by Crippen LogP contribution is 2.24. The van der Waals surface area contributed by atoms with Crippen molar-refractivity contribution < 1.29 is 14.8 Å². The molecule has 8 heteroatoms. The highest BCUT2D eigenvalue weighted by molar-refractivity contribution is 5.99. The highest BCUT2D eigenvalue weighted by atomic mass is 16.6. The van der Waals surface area contributed by atoms with Gasteiger partial charge in [-0.1, -0.05) is 6.92 Å². The van der Waals surface area contributed by atoms with Crippen LogP contribution in [0.4, 0.5) is 5.69 Å². The summed E-state index contributed by atoms with van der Waals surface area (Å²) in [6.07, 6.45) is 1.59. The molecule has 1 aromatic heterocycles. The number of carbonyl (C=O) groups excluding carboxylic acids is 1. The summed E-state index contributed by atoms with van der Waals surface area (Å²) in [7, 11) is 1.70. The zero-order valence-corrected chi connectivity index (χ0v) is 12.9. The molecule has 0 radical (unpaired) electrons. The Hall–Kier alpha value is -2.74. The Kier molecular flexibility index (Phi) is 5.07. The molecule has 122 valence electrons. The molecule has 0 fully saturated rings. The van der Waals surface area contributed by atoms with Gasteiger partial charge in [-0.2, -0.15) is 5.10 Å². The second kappa shape index (κ2) is 7.01. The molecule has 0 saturated heterocycles. The summed E-state index contributed by atoms with van der Waals surface area (Å²) in [5.74, 6) is -0.342. The summed E-state index contributed by atoms with van der Waals surface area (Å²) in [4.78, 5) is 22.5. The average molecular weight is 318 g/mol. The first kappa shape index (κ1) is 16.6. The molecule has 2 aromatic rings. The molecular formula is C15H18N4O4. The first-order valence-corrected chi connectivity index (χ1v) is 7.10. The van der Waals surface area contributed by atoms with E-state index < -0.39 is 4.92 Å². The van der Waals surface area contributed by atoms with Gasteiger partial charge in [-0.3, -0.25) is 19.6 Å². The van der Waals surface area contributed by atoms with Crippen molar-refractivity contribution in [1.82, 2.24) is 15.1 Å². The minimum Gasteiger partial charge on any atom is -0.396 e. The third-order valence-corrected chi connectivity index (χ3v) is 3.35. The Morgan fingerprint density at radius 2 is 2.09 bits per heavy atom. The van der Waals surface area contributed by atoms with Crippen molar-refractivity contribution in [2.45, 2.75) is 6.92 Å². The number of nitrogens with one attached hydrogen (secondary N) is 1. The van der Waals surface area contributed by atoms with E-state index in [0.29, 0.717) is 23.4 Å². The van der Waals surface area contributed by atoms with E-state index in [4.69, 9.17) is 5.11 Å². The van der Waals surface area contributed by atoms with Crippen LogP contribution in [0.3, 0.4) is 0 Å². The number of aliphatic hydroxyl groups excluding tert-OH is 1. The molecule has 1 heterocycles. The first-order chi connectivity index (χ1) is 10.9. The average Bonchev–Trinajstić information content (AvgIpc) is 2.94. The minimum absolute atomic E-state index is 0.0114. The number of carbonyl (C=O) groups is 1. The maximum absolute atomic E-state index is 12.3. The number of amides is 1. The Bertz CT molecular complexity index is 709. The SMILES string of the molecule is CC(CO)CNC(=O)c1cn(C)nc1-c1ccc([N+](=O)[O-])cc1. The largest absolute Gasteiger partial charge is 0.396 e. The van der Waals surface area contributed by atoms with E-state index in [1.807, 2.05) is 6.92 Å². The summed E-state index contributed by atoms with van der Waals surface area (Å²) >= 11 is 0. The molecule has 2 N–H and O–H groups in total. The second-order valence-corrected chi connectivity index (χ2v) is 5.37. The van der Waals surface area contributed by atoms with Gasteiger partial charge in [0.05, 0.1) is 10.5 Å². The molecule has 1 atom stereocenters. The molecule has 2 rings (SSSR count). The number of nitro groups is 1. The molecule has 0 spiro atoms. The predicted octanol–water partition coefficient (Wildman–Crippen LogP) is 1.35. The van der Waals surface area contributed by atoms with Crippen LogP contribution in [0.5, 0.6) is 0 Å². The van der Waals surface area contributed by atoms with E-state index in [9.17, 15) is 14.9 Å². The van der Waals surface area contributed by atoms with Gasteiger partial charge in [-0.05, 0) is 18.1 Å². The minimum atomic E-state index is -0.480. The fraction of sp³-hybridized carbons (Fsp3) is 0.333. The molecule has 1 aromatic carbocycles. The van der Waals surface area contributed by atoms with Crippen molar-refractivity contribution in [3.63, 3.8) is 0 Å². The summed E-state index contributed by atoms with van der Waals surface area (Å²) in [6, 6.07) is 5.88. The maximum Gasteiger partial charge on any atom is 0.269 e. The molecule has 0 aliphatic rings. The number of aromatic nitrogens is 2. The number of benzene rings is 1. The van der Waals surface area contributed by atoms with Gasteiger partial charge in [-0.15, -0.1) is 0 Å². The number of rotatable bonds is 6. The molecule has 1 amide bonds. The van der Waals surface area contributed by atoms with Crippen molar-refractivity contribution in [1.29, 1.82) is 0 Å². The standard InChI is InChI=1S/C15H18N4O4/c1-10(9-20)7-16-15(21)13-8-18(2)17-14(13)11-3-5-12(6-4-11)19(22)23/h3-6,8,10,20H,7,9H2,1-2H3,(H,16,21). The van der Waals surface area contributed by atoms with Crippen molar-refractivity contribution in [2.24, 2.45) is 13.0 Å². The second-order valence-electron chi connectivity index (χ2n) is 5.37. The number of aryl methyl sites for hydroxylation is 1. The lowest BCUT2D eigenvalue weighted by molar-refractivity contribution is -0.384. The number of non-ortho nitro benzene ring substituents is 1. The Morgan fingerprint density at radius 3 is 2.65 bits per heavy atom. The number of nitrogens with zero attached hydrogens (tertiary/aromatic N) is 3. The molecule has 0 bridgehead atoms. The fourth-order valence-electron chi connectivity index (χ4n) is 2.04. The van der Waals surface area contributed by atoms with Crippen LogP contribution in [0, 0.1) is 16.0 Å². The van der Waals surface area contributed by atoms with Crippen molar-refractivity contribution >= 4 is 11.6 Å². The summed E-state index contributed by atoms with van der Waals surface area (Å²) < 4.78 is 1.52. The molecular weight excluding hydrogens is 300 g/mol. The number of hydrogen-bond donors (Lipinski definition) is 2. The van der Waals surface area contributed by atoms with E-state index in [-0.39, 0.29) is 24.1 Å². The molecule has 1 unspecified atom stereocenters. The van der Waals surface area contributed by atoms with Gasteiger partial charge in [0.25, 0.3) is 11.6 Å². The molecule has 0 saturated carbocycles. The number of nitro benzene ring substituents is 1. The van der Waals surface area contributed by atoms with Crippen LogP contribution in [0.25, 0.3) is 11.3 Å². The molecule has 8 nitrogen and oxygen atoms in total. The normalized spacial score (nSPS) is 12.0. The topological polar surface area (TPSA) is 110 Å². The Morgan fingerprint density at radius 1 is 1.43 bits per heavy atom.